The van der Waals surface area contributed by atoms with E-state index < -0.39 is 0 Å². The van der Waals surface area contributed by atoms with E-state index in [0.29, 0.717) is 0 Å². The third kappa shape index (κ3) is 0.961. The van der Waals surface area contributed by atoms with Gasteiger partial charge < -0.3 is 0 Å². The van der Waals surface area contributed by atoms with Gasteiger partial charge in [0.2, 0.25) is 0 Å². The van der Waals surface area contributed by atoms with Crippen molar-refractivity contribution < 1.29 is 0 Å². The van der Waals surface area contributed by atoms with Crippen molar-refractivity contribution in [3.63, 3.8) is 0 Å². The monoisotopic (exact) mass is 158 g/mol. The second kappa shape index (κ2) is 2.55. The molecule has 12 heavy (non-hydrogen) atoms. The first-order valence-corrected chi connectivity index (χ1v) is 3.96. The van der Waals surface area contributed by atoms with E-state index in [-0.39, 0.29) is 0 Å². The summed E-state index contributed by atoms with van der Waals surface area (Å²) in [6, 6.07) is 6.15. The molecule has 2 nitrogen and oxygen atoms in total. The Labute approximate surface area is 71.3 Å². The van der Waals surface area contributed by atoms with Crippen LogP contribution in [0.15, 0.2) is 24.5 Å². The van der Waals surface area contributed by atoms with Gasteiger partial charge in [0.25, 0.3) is 0 Å². The Morgan fingerprint density at radius 1 is 1.08 bits per heavy atom. The highest BCUT2D eigenvalue weighted by Crippen LogP contribution is 2.16. The average molecular weight is 158 g/mol. The molecule has 0 bridgehead atoms. The summed E-state index contributed by atoms with van der Waals surface area (Å²) >= 11 is 0. The molecule has 1 heterocycles. The number of nitrogens with zero attached hydrogens (tertiary/aromatic N) is 2. The van der Waals surface area contributed by atoms with Gasteiger partial charge in [-0.1, -0.05) is 18.2 Å². The zero-order chi connectivity index (χ0) is 8.55. The van der Waals surface area contributed by atoms with Crippen molar-refractivity contribution in [1.82, 2.24) is 9.97 Å². The molecule has 2 heteroatoms. The molecule has 2 rings (SSSR count). The SMILES string of the molecule is Cc1ncnc2c(C)cccc12. The van der Waals surface area contributed by atoms with Crippen molar-refractivity contribution in [2.45, 2.75) is 13.8 Å². The molecule has 0 atom stereocenters. The highest BCUT2D eigenvalue weighted by Gasteiger charge is 1.99. The molecule has 0 saturated carbocycles. The van der Waals surface area contributed by atoms with Gasteiger partial charge in [-0.25, -0.2) is 9.97 Å². The number of aryl methyl sites for hydroxylation is 2. The Morgan fingerprint density at radius 3 is 2.67 bits per heavy atom. The fraction of sp³-hybridized carbons (Fsp3) is 0.200. The van der Waals surface area contributed by atoms with E-state index in [0.717, 1.165) is 16.6 Å². The van der Waals surface area contributed by atoms with Crippen LogP contribution < -0.4 is 0 Å². The van der Waals surface area contributed by atoms with Crippen LogP contribution in [0.4, 0.5) is 0 Å². The van der Waals surface area contributed by atoms with E-state index in [9.17, 15) is 0 Å². The maximum atomic E-state index is 4.23. The van der Waals surface area contributed by atoms with E-state index in [2.05, 4.69) is 29.0 Å². The Hall–Kier alpha value is -1.44. The summed E-state index contributed by atoms with van der Waals surface area (Å²) < 4.78 is 0. The number of aromatic nitrogens is 2. The van der Waals surface area contributed by atoms with Crippen LogP contribution in [0.2, 0.25) is 0 Å². The third-order valence-electron chi connectivity index (χ3n) is 2.07. The molecule has 1 aromatic heterocycles. The predicted molar refractivity (Wildman–Crippen MR) is 49.0 cm³/mol. The van der Waals surface area contributed by atoms with Crippen LogP contribution in [0.1, 0.15) is 11.3 Å². The highest BCUT2D eigenvalue weighted by molar-refractivity contribution is 5.83. The van der Waals surface area contributed by atoms with Crippen molar-refractivity contribution in [3.8, 4) is 0 Å². The molecule has 0 amide bonds. The van der Waals surface area contributed by atoms with Crippen LogP contribution >= 0.6 is 0 Å². The molecule has 0 unspecified atom stereocenters. The van der Waals surface area contributed by atoms with Gasteiger partial charge in [0, 0.05) is 11.1 Å². The van der Waals surface area contributed by atoms with Crippen LogP contribution in [0, 0.1) is 13.8 Å². The van der Waals surface area contributed by atoms with E-state index in [1.807, 2.05) is 13.0 Å². The molecule has 0 N–H and O–H groups in total. The quantitative estimate of drug-likeness (QED) is 0.587. The van der Waals surface area contributed by atoms with Gasteiger partial charge in [-0.05, 0) is 19.4 Å². The largest absolute Gasteiger partial charge is 0.241 e. The Kier molecular flexibility index (Phi) is 1.54. The summed E-state index contributed by atoms with van der Waals surface area (Å²) in [5.74, 6) is 0. The molecule has 0 aliphatic heterocycles. The minimum atomic E-state index is 1.05. The summed E-state index contributed by atoms with van der Waals surface area (Å²) in [5, 5.41) is 1.15. The first kappa shape index (κ1) is 7.22. The predicted octanol–water partition coefficient (Wildman–Crippen LogP) is 2.25. The summed E-state index contributed by atoms with van der Waals surface area (Å²) in [6.07, 6.45) is 1.62. The number of rotatable bonds is 0. The van der Waals surface area contributed by atoms with Crippen LogP contribution in [-0.2, 0) is 0 Å². The number of hydrogen-bond acceptors (Lipinski definition) is 2. The lowest BCUT2D eigenvalue weighted by Gasteiger charge is -2.01. The molecule has 2 aromatic rings. The number of benzene rings is 1. The molecule has 1 aromatic carbocycles. The van der Waals surface area contributed by atoms with E-state index in [1.165, 1.54) is 5.56 Å². The first-order chi connectivity index (χ1) is 5.79. The molecule has 0 spiro atoms. The first-order valence-electron chi connectivity index (χ1n) is 3.96. The molecule has 0 fully saturated rings. The zero-order valence-electron chi connectivity index (χ0n) is 7.20. The van der Waals surface area contributed by atoms with Gasteiger partial charge in [0.1, 0.15) is 6.33 Å². The number of para-hydroxylation sites is 1. The van der Waals surface area contributed by atoms with E-state index >= 15 is 0 Å². The highest BCUT2D eigenvalue weighted by atomic mass is 14.8. The van der Waals surface area contributed by atoms with Crippen LogP contribution in [-0.4, -0.2) is 9.97 Å². The Morgan fingerprint density at radius 2 is 1.92 bits per heavy atom. The smallest absolute Gasteiger partial charge is 0.116 e. The van der Waals surface area contributed by atoms with Crippen molar-refractivity contribution in [2.75, 3.05) is 0 Å². The fourth-order valence-corrected chi connectivity index (χ4v) is 1.37. The Balaban J connectivity index is 2.94. The van der Waals surface area contributed by atoms with Gasteiger partial charge in [-0.3, -0.25) is 0 Å². The summed E-state index contributed by atoms with van der Waals surface area (Å²) in [7, 11) is 0. The molecule has 0 radical (unpaired) electrons. The molecule has 0 aliphatic rings. The second-order valence-electron chi connectivity index (χ2n) is 2.93. The summed E-state index contributed by atoms with van der Waals surface area (Å²) in [5.41, 5.74) is 3.31. The zero-order valence-corrected chi connectivity index (χ0v) is 7.20. The fourth-order valence-electron chi connectivity index (χ4n) is 1.37. The second-order valence-corrected chi connectivity index (χ2v) is 2.93. The maximum absolute atomic E-state index is 4.23. The van der Waals surface area contributed by atoms with Gasteiger partial charge in [-0.15, -0.1) is 0 Å². The molecule has 0 saturated heterocycles. The lowest BCUT2D eigenvalue weighted by atomic mass is 10.1. The third-order valence-corrected chi connectivity index (χ3v) is 2.07. The van der Waals surface area contributed by atoms with Gasteiger partial charge >= 0.3 is 0 Å². The van der Waals surface area contributed by atoms with Crippen LogP contribution in [0.3, 0.4) is 0 Å². The van der Waals surface area contributed by atoms with E-state index in [1.54, 1.807) is 6.33 Å². The van der Waals surface area contributed by atoms with Gasteiger partial charge in [-0.2, -0.15) is 0 Å². The molecule has 60 valence electrons. The number of fused-ring (bicyclic) bond motifs is 1. The topological polar surface area (TPSA) is 25.8 Å². The van der Waals surface area contributed by atoms with Crippen molar-refractivity contribution in [2.24, 2.45) is 0 Å². The lowest BCUT2D eigenvalue weighted by Crippen LogP contribution is -1.88. The van der Waals surface area contributed by atoms with Crippen LogP contribution in [0.5, 0.6) is 0 Å². The summed E-state index contributed by atoms with van der Waals surface area (Å²) in [6.45, 7) is 4.07. The normalized spacial score (nSPS) is 10.5. The van der Waals surface area contributed by atoms with Crippen molar-refractivity contribution >= 4 is 10.9 Å². The van der Waals surface area contributed by atoms with Gasteiger partial charge in [0.15, 0.2) is 0 Å². The van der Waals surface area contributed by atoms with Crippen LogP contribution in [0.25, 0.3) is 10.9 Å². The number of hydrogen-bond donors (Lipinski definition) is 0. The maximum Gasteiger partial charge on any atom is 0.116 e. The molecular weight excluding hydrogens is 148 g/mol. The van der Waals surface area contributed by atoms with Gasteiger partial charge in [0.05, 0.1) is 5.52 Å². The van der Waals surface area contributed by atoms with Crippen molar-refractivity contribution in [1.29, 1.82) is 0 Å². The molecular formula is C10H10N2. The minimum absolute atomic E-state index is 1.05. The summed E-state index contributed by atoms with van der Waals surface area (Å²) in [4.78, 5) is 8.37. The minimum Gasteiger partial charge on any atom is -0.241 e. The average Bonchev–Trinajstić information content (AvgIpc) is 2.07. The molecule has 0 aliphatic carbocycles. The van der Waals surface area contributed by atoms with Crippen molar-refractivity contribution in [3.05, 3.63) is 35.8 Å². The standard InChI is InChI=1S/C10H10N2/c1-7-4-3-5-9-8(2)11-6-12-10(7)9/h3-6H,1-2H3. The Bertz CT molecular complexity index is 380. The lowest BCUT2D eigenvalue weighted by molar-refractivity contribution is 1.14. The van der Waals surface area contributed by atoms with E-state index in [4.69, 9.17) is 0 Å².